The summed E-state index contributed by atoms with van der Waals surface area (Å²) in [6.45, 7) is 7.66. The van der Waals surface area contributed by atoms with Gasteiger partial charge in [0.05, 0.1) is 40.8 Å². The third-order valence-electron chi connectivity index (χ3n) is 12.6. The van der Waals surface area contributed by atoms with Gasteiger partial charge < -0.3 is 9.84 Å². The van der Waals surface area contributed by atoms with Crippen molar-refractivity contribution in [3.63, 3.8) is 0 Å². The van der Waals surface area contributed by atoms with E-state index in [0.29, 0.717) is 40.0 Å². The zero-order chi connectivity index (χ0) is 40.1. The van der Waals surface area contributed by atoms with Crippen LogP contribution in [0.25, 0.3) is 32.8 Å². The number of carbonyl (C=O) groups excluding carboxylic acids is 4. The van der Waals surface area contributed by atoms with Crippen molar-refractivity contribution in [1.29, 1.82) is 0 Å². The van der Waals surface area contributed by atoms with E-state index in [4.69, 9.17) is 21.4 Å². The van der Waals surface area contributed by atoms with Gasteiger partial charge >= 0.3 is 0 Å². The van der Waals surface area contributed by atoms with Gasteiger partial charge in [0.1, 0.15) is 11.5 Å². The van der Waals surface area contributed by atoms with Crippen LogP contribution in [0.5, 0.6) is 11.5 Å². The van der Waals surface area contributed by atoms with Crippen LogP contribution in [-0.2, 0) is 26.2 Å². The quantitative estimate of drug-likeness (QED) is 0.129. The van der Waals surface area contributed by atoms with Crippen molar-refractivity contribution in [2.24, 2.45) is 42.1 Å². The first-order valence-electron chi connectivity index (χ1n) is 18.8. The number of allylic oxidation sites excluding steroid dienone is 3. The monoisotopic (exact) mass is 798 g/mol. The molecule has 3 fully saturated rings. The molecule has 4 amide bonds. The number of phenolic OH excluding ortho intramolecular Hbond substituents is 1. The van der Waals surface area contributed by atoms with E-state index in [1.807, 2.05) is 62.4 Å². The molecule has 5 aromatic rings. The molecule has 2 aliphatic carbocycles. The van der Waals surface area contributed by atoms with Gasteiger partial charge in [-0.2, -0.15) is 5.10 Å². The smallest absolute Gasteiger partial charge is 0.242 e. The number of phenols is 1. The Morgan fingerprint density at radius 2 is 1.72 bits per heavy atom. The summed E-state index contributed by atoms with van der Waals surface area (Å²) in [4.78, 5) is 61.9. The second kappa shape index (κ2) is 13.4. The van der Waals surface area contributed by atoms with Crippen LogP contribution in [0, 0.1) is 41.9 Å². The summed E-state index contributed by atoms with van der Waals surface area (Å²) >= 11 is 7.90. The van der Waals surface area contributed by atoms with E-state index in [-0.39, 0.29) is 35.8 Å². The molecule has 9 rings (SSSR count). The molecule has 10 nitrogen and oxygen atoms in total. The average Bonchev–Trinajstić information content (AvgIpc) is 3.88. The molecule has 0 bridgehead atoms. The molecular weight excluding hydrogens is 760 g/mol. The van der Waals surface area contributed by atoms with Crippen LogP contribution in [0.4, 0.5) is 11.5 Å². The molecule has 6 atom stereocenters. The van der Waals surface area contributed by atoms with E-state index < -0.39 is 35.0 Å². The standard InChI is InChI=1S/C45H39ClN4O6S/c1-6-24-7-12-27(13-8-24)49-41(52)29-15-14-28-31(39(29)43(49)54)21-33-42(53)50(44(55)45(33,3)32(28)16-9-25-10-17-35(51)36(19-25)56-5)38-22-34(47-48(38)4)40-23(2)30-20-26(46)11-18-37(30)57-40/h6-14,16-20,22,29,31-33,39,51H,1,15,21H2,2-5H3/t29-,31+,32-,33-,39-,45-/m0/s1. The predicted molar refractivity (Wildman–Crippen MR) is 222 cm³/mol. The van der Waals surface area contributed by atoms with Gasteiger partial charge in [-0.3, -0.25) is 28.8 Å². The minimum atomic E-state index is -1.23. The Balaban J connectivity index is 1.13. The fourth-order valence-corrected chi connectivity index (χ4v) is 11.0. The molecule has 0 unspecified atom stereocenters. The zero-order valence-electron chi connectivity index (χ0n) is 31.7. The van der Waals surface area contributed by atoms with Gasteiger partial charge in [-0.25, -0.2) is 4.90 Å². The molecule has 0 radical (unpaired) electrons. The topological polar surface area (TPSA) is 122 Å². The highest BCUT2D eigenvalue weighted by Crippen LogP contribution is 2.61. The molecular formula is C45H39ClN4O6S. The number of aryl methyl sites for hydroxylation is 2. The van der Waals surface area contributed by atoms with Crippen LogP contribution < -0.4 is 14.5 Å². The van der Waals surface area contributed by atoms with Crippen molar-refractivity contribution in [2.45, 2.75) is 26.7 Å². The maximum absolute atomic E-state index is 15.1. The maximum Gasteiger partial charge on any atom is 0.242 e. The summed E-state index contributed by atoms with van der Waals surface area (Å²) in [6, 6.07) is 19.7. The molecule has 2 aliphatic heterocycles. The summed E-state index contributed by atoms with van der Waals surface area (Å²) in [6.07, 6.45) is 8.07. The Hall–Kier alpha value is -5.78. The Labute approximate surface area is 338 Å². The molecule has 57 heavy (non-hydrogen) atoms. The van der Waals surface area contributed by atoms with E-state index >= 15 is 4.79 Å². The summed E-state index contributed by atoms with van der Waals surface area (Å²) in [5.74, 6) is -3.81. The normalized spacial score (nSPS) is 25.6. The SMILES string of the molecule is C=Cc1ccc(N2C(=O)[C@H]3[C@H](CC=C4[C@H]3C[C@H]3C(=O)N(c5cc(-c6sc7ccc(Cl)cc7c6C)nn5C)C(=O)[C@@]3(C)[C@H]4C=Cc3ccc(O)c(OC)c3)C2=O)cc1. The first-order valence-corrected chi connectivity index (χ1v) is 20.0. The number of aromatic nitrogens is 2. The highest BCUT2D eigenvalue weighted by Gasteiger charge is 2.67. The molecule has 4 heterocycles. The highest BCUT2D eigenvalue weighted by molar-refractivity contribution is 7.22. The van der Waals surface area contributed by atoms with Crippen molar-refractivity contribution in [3.05, 3.63) is 113 Å². The fraction of sp³-hybridized carbons (Fsp3) is 0.267. The molecule has 1 saturated carbocycles. The van der Waals surface area contributed by atoms with E-state index in [0.717, 1.165) is 31.7 Å². The van der Waals surface area contributed by atoms with Crippen molar-refractivity contribution in [2.75, 3.05) is 16.9 Å². The lowest BCUT2D eigenvalue weighted by Gasteiger charge is -2.47. The summed E-state index contributed by atoms with van der Waals surface area (Å²) in [5, 5.41) is 16.7. The number of fused-ring (bicyclic) bond motifs is 5. The first-order chi connectivity index (χ1) is 27.3. The van der Waals surface area contributed by atoms with Crippen LogP contribution in [0.1, 0.15) is 36.5 Å². The number of halogens is 1. The van der Waals surface area contributed by atoms with E-state index in [9.17, 15) is 19.5 Å². The number of anilines is 2. The van der Waals surface area contributed by atoms with Gasteiger partial charge in [0, 0.05) is 28.8 Å². The number of hydrogen-bond acceptors (Lipinski definition) is 8. The van der Waals surface area contributed by atoms with Crippen LogP contribution in [-0.4, -0.2) is 45.6 Å². The summed E-state index contributed by atoms with van der Waals surface area (Å²) < 4.78 is 7.98. The number of carbonyl (C=O) groups is 4. The Kier molecular flexibility index (Phi) is 8.67. The number of benzene rings is 3. The Morgan fingerprint density at radius 3 is 2.46 bits per heavy atom. The number of rotatable bonds is 7. The number of imide groups is 2. The van der Waals surface area contributed by atoms with Crippen LogP contribution in [0.15, 0.2) is 91.0 Å². The van der Waals surface area contributed by atoms with Crippen molar-refractivity contribution >= 4 is 80.3 Å². The predicted octanol–water partition coefficient (Wildman–Crippen LogP) is 8.60. The van der Waals surface area contributed by atoms with Gasteiger partial charge in [0.2, 0.25) is 23.6 Å². The Morgan fingerprint density at radius 1 is 0.965 bits per heavy atom. The first kappa shape index (κ1) is 36.8. The fourth-order valence-electron chi connectivity index (χ4n) is 9.67. The van der Waals surface area contributed by atoms with Gasteiger partial charge in [-0.15, -0.1) is 11.3 Å². The van der Waals surface area contributed by atoms with Gasteiger partial charge in [0.25, 0.3) is 0 Å². The number of ether oxygens (including phenoxy) is 1. The van der Waals surface area contributed by atoms with Crippen LogP contribution >= 0.6 is 22.9 Å². The van der Waals surface area contributed by atoms with E-state index in [1.54, 1.807) is 59.5 Å². The third kappa shape index (κ3) is 5.46. The number of aromatic hydroxyl groups is 1. The molecule has 288 valence electrons. The number of hydrogen-bond donors (Lipinski definition) is 1. The molecule has 12 heteroatoms. The number of amides is 4. The summed E-state index contributed by atoms with van der Waals surface area (Å²) in [5.41, 5.74) is 3.35. The van der Waals surface area contributed by atoms with Crippen molar-refractivity contribution in [3.8, 4) is 22.1 Å². The second-order valence-electron chi connectivity index (χ2n) is 15.5. The molecule has 2 aromatic heterocycles. The molecule has 3 aromatic carbocycles. The van der Waals surface area contributed by atoms with Gasteiger partial charge in [-0.05, 0) is 97.1 Å². The minimum absolute atomic E-state index is 0.00840. The van der Waals surface area contributed by atoms with Gasteiger partial charge in [-0.1, -0.05) is 66.3 Å². The molecule has 2 saturated heterocycles. The highest BCUT2D eigenvalue weighted by atomic mass is 35.5. The molecule has 4 aliphatic rings. The second-order valence-corrected chi connectivity index (χ2v) is 17.0. The third-order valence-corrected chi connectivity index (χ3v) is 14.2. The summed E-state index contributed by atoms with van der Waals surface area (Å²) in [7, 11) is 3.20. The maximum atomic E-state index is 15.1. The number of thiophene rings is 1. The average molecular weight is 799 g/mol. The van der Waals surface area contributed by atoms with Crippen LogP contribution in [0.3, 0.4) is 0 Å². The number of nitrogens with zero attached hydrogens (tertiary/aromatic N) is 4. The van der Waals surface area contributed by atoms with Gasteiger partial charge in [0.15, 0.2) is 11.5 Å². The van der Waals surface area contributed by atoms with Crippen LogP contribution in [0.2, 0.25) is 5.02 Å². The zero-order valence-corrected chi connectivity index (χ0v) is 33.3. The minimum Gasteiger partial charge on any atom is -0.504 e. The largest absolute Gasteiger partial charge is 0.504 e. The molecule has 1 N–H and O–H groups in total. The van der Waals surface area contributed by atoms with E-state index in [2.05, 4.69) is 6.58 Å². The van der Waals surface area contributed by atoms with E-state index in [1.165, 1.54) is 23.0 Å². The molecule has 0 spiro atoms. The lowest BCUT2D eigenvalue weighted by atomic mass is 9.52. The lowest BCUT2D eigenvalue weighted by molar-refractivity contribution is -0.132. The number of methoxy groups -OCH3 is 1. The van der Waals surface area contributed by atoms with Crippen molar-refractivity contribution in [1.82, 2.24) is 9.78 Å². The lowest BCUT2D eigenvalue weighted by Crippen LogP contribution is -2.49. The van der Waals surface area contributed by atoms with Crippen molar-refractivity contribution < 1.29 is 29.0 Å². The Bertz CT molecular complexity index is 2640.